The van der Waals surface area contributed by atoms with Crippen LogP contribution in [-0.4, -0.2) is 56.0 Å². The molecule has 2 atom stereocenters. The zero-order valence-electron chi connectivity index (χ0n) is 15.6. The number of hydrogen-bond acceptors (Lipinski definition) is 5. The molecule has 0 spiro atoms. The molecular weight excluding hydrogens is 406 g/mol. The third kappa shape index (κ3) is 3.74. The van der Waals surface area contributed by atoms with Gasteiger partial charge in [-0.15, -0.1) is 0 Å². The summed E-state index contributed by atoms with van der Waals surface area (Å²) in [6.07, 6.45) is 0.702. The Labute approximate surface area is 168 Å². The predicted octanol–water partition coefficient (Wildman–Crippen LogP) is 3.64. The summed E-state index contributed by atoms with van der Waals surface area (Å²) in [5.41, 5.74) is 3.99. The lowest BCUT2D eigenvalue weighted by Crippen LogP contribution is -2.47. The van der Waals surface area contributed by atoms with E-state index in [0.29, 0.717) is 13.3 Å². The highest BCUT2D eigenvalue weighted by Gasteiger charge is 2.33. The standard InChI is InChI=1S/C21H24BrN3O2/c1-24-14-27-19(26-2)13-23-21(24)25-11-10-15-6-3-4-9-18(15)20(25)16-7-5-8-17(22)12-16/h3-9,12,19-20H,10-11,13-14H2,1-2H3. The number of fused-ring (bicyclic) bond motifs is 1. The van der Waals surface area contributed by atoms with Gasteiger partial charge in [-0.05, 0) is 35.2 Å². The maximum Gasteiger partial charge on any atom is 0.199 e. The van der Waals surface area contributed by atoms with E-state index in [-0.39, 0.29) is 12.3 Å². The van der Waals surface area contributed by atoms with Gasteiger partial charge in [0.15, 0.2) is 12.2 Å². The quantitative estimate of drug-likeness (QED) is 0.729. The fourth-order valence-corrected chi connectivity index (χ4v) is 4.27. The number of rotatable bonds is 2. The smallest absolute Gasteiger partial charge is 0.199 e. The first-order chi connectivity index (χ1) is 13.2. The van der Waals surface area contributed by atoms with Crippen LogP contribution >= 0.6 is 15.9 Å². The van der Waals surface area contributed by atoms with E-state index < -0.39 is 0 Å². The molecule has 2 aromatic rings. The van der Waals surface area contributed by atoms with Crippen LogP contribution in [0.5, 0.6) is 0 Å². The molecule has 0 bridgehead atoms. The van der Waals surface area contributed by atoms with E-state index in [2.05, 4.69) is 74.3 Å². The average Bonchev–Trinajstić information content (AvgIpc) is 2.88. The van der Waals surface area contributed by atoms with Crippen molar-refractivity contribution in [1.82, 2.24) is 9.80 Å². The van der Waals surface area contributed by atoms with E-state index in [1.807, 2.05) is 7.05 Å². The summed E-state index contributed by atoms with van der Waals surface area (Å²) in [5.74, 6) is 0.953. The second-order valence-corrected chi connectivity index (χ2v) is 7.82. The fraction of sp³-hybridized carbons (Fsp3) is 0.381. The minimum atomic E-state index is -0.300. The van der Waals surface area contributed by atoms with Crippen molar-refractivity contribution >= 4 is 21.9 Å². The van der Waals surface area contributed by atoms with Crippen molar-refractivity contribution in [2.24, 2.45) is 4.99 Å². The third-order valence-electron chi connectivity index (χ3n) is 5.14. The molecule has 0 saturated heterocycles. The van der Waals surface area contributed by atoms with Crippen molar-refractivity contribution in [3.05, 3.63) is 69.7 Å². The number of hydrogen-bond donors (Lipinski definition) is 0. The molecule has 142 valence electrons. The van der Waals surface area contributed by atoms with E-state index in [0.717, 1.165) is 23.4 Å². The molecule has 2 aliphatic rings. The lowest BCUT2D eigenvalue weighted by molar-refractivity contribution is -0.130. The molecule has 0 aromatic heterocycles. The molecule has 4 rings (SSSR count). The largest absolute Gasteiger partial charge is 0.354 e. The maximum absolute atomic E-state index is 5.77. The summed E-state index contributed by atoms with van der Waals surface area (Å²) in [6, 6.07) is 17.4. The summed E-state index contributed by atoms with van der Waals surface area (Å²) < 4.78 is 12.2. The van der Waals surface area contributed by atoms with Gasteiger partial charge in [0.05, 0.1) is 12.6 Å². The Kier molecular flexibility index (Phi) is 5.48. The van der Waals surface area contributed by atoms with Crippen LogP contribution in [0.2, 0.25) is 0 Å². The van der Waals surface area contributed by atoms with Crippen molar-refractivity contribution in [2.45, 2.75) is 18.8 Å². The minimum absolute atomic E-state index is 0.118. The first kappa shape index (κ1) is 18.5. The molecule has 0 fully saturated rings. The van der Waals surface area contributed by atoms with Crippen LogP contribution in [0, 0.1) is 0 Å². The molecule has 27 heavy (non-hydrogen) atoms. The van der Waals surface area contributed by atoms with Crippen molar-refractivity contribution in [3.8, 4) is 0 Å². The van der Waals surface area contributed by atoms with Crippen LogP contribution in [0.25, 0.3) is 0 Å². The summed E-state index contributed by atoms with van der Waals surface area (Å²) in [6.45, 7) is 1.87. The maximum atomic E-state index is 5.77. The molecule has 5 nitrogen and oxygen atoms in total. The summed E-state index contributed by atoms with van der Waals surface area (Å²) in [7, 11) is 3.68. The zero-order chi connectivity index (χ0) is 18.8. The van der Waals surface area contributed by atoms with Gasteiger partial charge in [0.1, 0.15) is 6.73 Å². The van der Waals surface area contributed by atoms with Gasteiger partial charge in [0, 0.05) is 25.2 Å². The first-order valence-corrected chi connectivity index (χ1v) is 9.96. The van der Waals surface area contributed by atoms with Gasteiger partial charge in [-0.2, -0.15) is 0 Å². The van der Waals surface area contributed by atoms with Crippen LogP contribution in [0.4, 0.5) is 0 Å². The van der Waals surface area contributed by atoms with Gasteiger partial charge in [0.2, 0.25) is 0 Å². The summed E-state index contributed by atoms with van der Waals surface area (Å²) >= 11 is 3.63. The van der Waals surface area contributed by atoms with Crippen LogP contribution in [-0.2, 0) is 15.9 Å². The van der Waals surface area contributed by atoms with Gasteiger partial charge in [0.25, 0.3) is 0 Å². The fourth-order valence-electron chi connectivity index (χ4n) is 3.85. The zero-order valence-corrected chi connectivity index (χ0v) is 17.2. The van der Waals surface area contributed by atoms with Gasteiger partial charge in [-0.3, -0.25) is 0 Å². The number of aliphatic imine (C=N–C) groups is 1. The SMILES string of the molecule is COC1CN=C(N2CCc3ccccc3C2c2cccc(Br)c2)N(C)CO1. The lowest BCUT2D eigenvalue weighted by Gasteiger charge is -2.41. The normalized spacial score (nSPS) is 22.9. The minimum Gasteiger partial charge on any atom is -0.354 e. The van der Waals surface area contributed by atoms with Crippen LogP contribution in [0.1, 0.15) is 22.7 Å². The molecule has 0 N–H and O–H groups in total. The molecule has 0 aliphatic carbocycles. The lowest BCUT2D eigenvalue weighted by atomic mass is 9.88. The second-order valence-electron chi connectivity index (χ2n) is 6.90. The third-order valence-corrected chi connectivity index (χ3v) is 5.64. The highest BCUT2D eigenvalue weighted by molar-refractivity contribution is 9.10. The van der Waals surface area contributed by atoms with Crippen molar-refractivity contribution in [3.63, 3.8) is 0 Å². The first-order valence-electron chi connectivity index (χ1n) is 9.17. The van der Waals surface area contributed by atoms with Crippen LogP contribution < -0.4 is 0 Å². The van der Waals surface area contributed by atoms with Crippen LogP contribution in [0.3, 0.4) is 0 Å². The van der Waals surface area contributed by atoms with Crippen molar-refractivity contribution < 1.29 is 9.47 Å². The molecule has 6 heteroatoms. The molecule has 2 unspecified atom stereocenters. The molecule has 0 amide bonds. The van der Waals surface area contributed by atoms with Gasteiger partial charge < -0.3 is 19.3 Å². The van der Waals surface area contributed by atoms with E-state index in [9.17, 15) is 0 Å². The average molecular weight is 430 g/mol. The van der Waals surface area contributed by atoms with Gasteiger partial charge in [-0.25, -0.2) is 4.99 Å². The molecule has 2 heterocycles. The molecule has 0 radical (unpaired) electrons. The number of ether oxygens (including phenoxy) is 2. The van der Waals surface area contributed by atoms with Gasteiger partial charge in [-0.1, -0.05) is 52.3 Å². The monoisotopic (exact) mass is 429 g/mol. The van der Waals surface area contributed by atoms with E-state index >= 15 is 0 Å². The highest BCUT2D eigenvalue weighted by Crippen LogP contribution is 2.36. The summed E-state index contributed by atoms with van der Waals surface area (Å²) in [4.78, 5) is 9.32. The Hall–Kier alpha value is -1.89. The number of nitrogens with zero attached hydrogens (tertiary/aromatic N) is 3. The Morgan fingerprint density at radius 3 is 2.85 bits per heavy atom. The Balaban J connectivity index is 1.78. The van der Waals surface area contributed by atoms with Gasteiger partial charge >= 0.3 is 0 Å². The number of methoxy groups -OCH3 is 1. The molecular formula is C21H24BrN3O2. The molecule has 2 aromatic carbocycles. The van der Waals surface area contributed by atoms with E-state index in [1.54, 1.807) is 7.11 Å². The Bertz CT molecular complexity index is 842. The second kappa shape index (κ2) is 8.00. The Morgan fingerprint density at radius 1 is 1.19 bits per heavy atom. The number of benzene rings is 2. The van der Waals surface area contributed by atoms with Crippen LogP contribution in [0.15, 0.2) is 58.0 Å². The van der Waals surface area contributed by atoms with Crippen molar-refractivity contribution in [1.29, 1.82) is 0 Å². The Morgan fingerprint density at radius 2 is 2.04 bits per heavy atom. The highest BCUT2D eigenvalue weighted by atomic mass is 79.9. The topological polar surface area (TPSA) is 37.3 Å². The molecule has 2 aliphatic heterocycles. The number of halogens is 1. The van der Waals surface area contributed by atoms with E-state index in [4.69, 9.17) is 14.5 Å². The summed E-state index contributed by atoms with van der Waals surface area (Å²) in [5, 5.41) is 0. The molecule has 0 saturated carbocycles. The predicted molar refractivity (Wildman–Crippen MR) is 110 cm³/mol. The van der Waals surface area contributed by atoms with Crippen molar-refractivity contribution in [2.75, 3.05) is 34.0 Å². The number of guanidine groups is 1. The van der Waals surface area contributed by atoms with E-state index in [1.165, 1.54) is 16.7 Å².